The number of carbonyl (C=O) groups excluding carboxylic acids is 1. The van der Waals surface area contributed by atoms with E-state index in [0.29, 0.717) is 33.9 Å². The first-order valence-electron chi connectivity index (χ1n) is 10.1. The molecule has 0 atom stereocenters. The molecule has 0 aliphatic heterocycles. The second-order valence-corrected chi connectivity index (χ2v) is 8.27. The highest BCUT2D eigenvalue weighted by Crippen LogP contribution is 2.26. The van der Waals surface area contributed by atoms with Crippen molar-refractivity contribution in [2.75, 3.05) is 11.1 Å². The number of anilines is 1. The van der Waals surface area contributed by atoms with Gasteiger partial charge in [0.05, 0.1) is 5.02 Å². The maximum atomic E-state index is 12.3. The minimum absolute atomic E-state index is 0.0447. The number of ether oxygens (including phenoxy) is 1. The van der Waals surface area contributed by atoms with Gasteiger partial charge in [-0.15, -0.1) is 10.2 Å². The number of thioether (sulfide) groups is 1. The van der Waals surface area contributed by atoms with Crippen LogP contribution in [0.4, 0.5) is 5.69 Å². The van der Waals surface area contributed by atoms with Crippen molar-refractivity contribution in [3.63, 3.8) is 0 Å². The second-order valence-electron chi connectivity index (χ2n) is 6.80. The van der Waals surface area contributed by atoms with Crippen LogP contribution in [-0.4, -0.2) is 26.4 Å². The summed E-state index contributed by atoms with van der Waals surface area (Å²) in [5, 5.41) is 12.8. The normalized spacial score (nSPS) is 10.7. The monoisotopic (exact) mass is 464 g/mol. The highest BCUT2D eigenvalue weighted by molar-refractivity contribution is 7.99. The molecule has 0 fully saturated rings. The molecular formula is C24H21ClN4O2S. The molecule has 0 bridgehead atoms. The van der Waals surface area contributed by atoms with Gasteiger partial charge in [0.1, 0.15) is 12.4 Å². The zero-order chi connectivity index (χ0) is 22.2. The van der Waals surface area contributed by atoms with Crippen LogP contribution in [0, 0.1) is 0 Å². The molecular weight excluding hydrogens is 444 g/mol. The lowest BCUT2D eigenvalue weighted by molar-refractivity contribution is -0.115. The van der Waals surface area contributed by atoms with Gasteiger partial charge < -0.3 is 10.1 Å². The Morgan fingerprint density at radius 2 is 1.62 bits per heavy atom. The number of hydrogen-bond donors (Lipinski definition) is 1. The van der Waals surface area contributed by atoms with Crippen molar-refractivity contribution in [3.05, 3.63) is 95.8 Å². The van der Waals surface area contributed by atoms with E-state index in [1.165, 1.54) is 11.8 Å². The van der Waals surface area contributed by atoms with Crippen LogP contribution >= 0.6 is 23.4 Å². The van der Waals surface area contributed by atoms with E-state index < -0.39 is 0 Å². The number of hydrogen-bond acceptors (Lipinski definition) is 5. The van der Waals surface area contributed by atoms with Crippen molar-refractivity contribution in [2.45, 2.75) is 18.2 Å². The van der Waals surface area contributed by atoms with E-state index in [0.717, 1.165) is 11.4 Å². The number of nitrogens with one attached hydrogen (secondary N) is 1. The summed E-state index contributed by atoms with van der Waals surface area (Å²) in [6, 6.07) is 26.5. The summed E-state index contributed by atoms with van der Waals surface area (Å²) in [4.78, 5) is 12.3. The minimum atomic E-state index is -0.0447. The number of aromatic nitrogens is 3. The van der Waals surface area contributed by atoms with Gasteiger partial charge in [0.15, 0.2) is 11.0 Å². The maximum Gasteiger partial charge on any atom is 0.225 e. The molecule has 3 aromatic carbocycles. The third-order valence-corrected chi connectivity index (χ3v) is 5.77. The van der Waals surface area contributed by atoms with Gasteiger partial charge in [-0.05, 0) is 36.4 Å². The fraction of sp³-hybridized carbons (Fsp3) is 0.125. The Labute approximate surface area is 195 Å². The van der Waals surface area contributed by atoms with E-state index in [4.69, 9.17) is 16.3 Å². The van der Waals surface area contributed by atoms with Gasteiger partial charge in [-0.1, -0.05) is 71.9 Å². The summed E-state index contributed by atoms with van der Waals surface area (Å²) in [5.41, 5.74) is 1.71. The quantitative estimate of drug-likeness (QED) is 0.325. The Morgan fingerprint density at radius 1 is 0.938 bits per heavy atom. The lowest BCUT2D eigenvalue weighted by Crippen LogP contribution is -2.12. The highest BCUT2D eigenvalue weighted by Gasteiger charge is 2.16. The van der Waals surface area contributed by atoms with Crippen LogP contribution < -0.4 is 10.1 Å². The van der Waals surface area contributed by atoms with Crippen molar-refractivity contribution in [3.8, 4) is 11.4 Å². The van der Waals surface area contributed by atoms with E-state index in [1.54, 1.807) is 6.07 Å². The van der Waals surface area contributed by atoms with Gasteiger partial charge in [-0.3, -0.25) is 9.36 Å². The minimum Gasteiger partial charge on any atom is -0.484 e. The first kappa shape index (κ1) is 21.9. The van der Waals surface area contributed by atoms with Crippen LogP contribution in [0.25, 0.3) is 5.69 Å². The molecule has 162 valence electrons. The predicted octanol–water partition coefficient (Wildman–Crippen LogP) is 5.62. The third kappa shape index (κ3) is 5.69. The van der Waals surface area contributed by atoms with Gasteiger partial charge >= 0.3 is 0 Å². The fourth-order valence-electron chi connectivity index (χ4n) is 3.01. The van der Waals surface area contributed by atoms with Gasteiger partial charge in [-0.2, -0.15) is 0 Å². The Kier molecular flexibility index (Phi) is 7.42. The van der Waals surface area contributed by atoms with Crippen LogP contribution in [-0.2, 0) is 11.4 Å². The van der Waals surface area contributed by atoms with Crippen LogP contribution in [0.3, 0.4) is 0 Å². The average Bonchev–Trinajstić information content (AvgIpc) is 3.22. The molecule has 6 nitrogen and oxygen atoms in total. The zero-order valence-corrected chi connectivity index (χ0v) is 18.7. The highest BCUT2D eigenvalue weighted by atomic mass is 35.5. The summed E-state index contributed by atoms with van der Waals surface area (Å²) < 4.78 is 7.82. The second kappa shape index (κ2) is 10.8. The van der Waals surface area contributed by atoms with Gasteiger partial charge in [0, 0.05) is 23.5 Å². The number of para-hydroxylation sites is 3. The van der Waals surface area contributed by atoms with Crippen molar-refractivity contribution >= 4 is 35.0 Å². The number of nitrogens with zero attached hydrogens (tertiary/aromatic N) is 3. The van der Waals surface area contributed by atoms with E-state index >= 15 is 0 Å². The van der Waals surface area contributed by atoms with Crippen molar-refractivity contribution in [1.82, 2.24) is 14.8 Å². The van der Waals surface area contributed by atoms with Gasteiger partial charge in [0.2, 0.25) is 5.91 Å². The lowest BCUT2D eigenvalue weighted by atomic mass is 10.3. The molecule has 0 saturated heterocycles. The number of halogens is 1. The Morgan fingerprint density at radius 3 is 2.38 bits per heavy atom. The Balaban J connectivity index is 1.44. The number of amides is 1. The molecule has 32 heavy (non-hydrogen) atoms. The van der Waals surface area contributed by atoms with E-state index in [2.05, 4.69) is 15.5 Å². The van der Waals surface area contributed by atoms with E-state index in [9.17, 15) is 4.79 Å². The van der Waals surface area contributed by atoms with Crippen LogP contribution in [0.2, 0.25) is 5.02 Å². The van der Waals surface area contributed by atoms with E-state index in [1.807, 2.05) is 83.4 Å². The lowest BCUT2D eigenvalue weighted by Gasteiger charge is -2.11. The molecule has 4 rings (SSSR count). The van der Waals surface area contributed by atoms with Crippen molar-refractivity contribution < 1.29 is 9.53 Å². The third-order valence-electron chi connectivity index (χ3n) is 4.53. The maximum absolute atomic E-state index is 12.3. The molecule has 8 heteroatoms. The number of benzene rings is 3. The fourth-order valence-corrected chi connectivity index (χ4v) is 4.11. The first-order chi connectivity index (χ1) is 15.7. The van der Waals surface area contributed by atoms with Gasteiger partial charge in [-0.25, -0.2) is 0 Å². The Hall–Kier alpha value is -3.29. The Bertz CT molecular complexity index is 1170. The smallest absolute Gasteiger partial charge is 0.225 e. The van der Waals surface area contributed by atoms with Crippen LogP contribution in [0.15, 0.2) is 90.1 Å². The molecule has 1 aromatic heterocycles. The standard InChI is InChI=1S/C24H21ClN4O2S/c25-20-13-7-8-14-21(20)31-17-22-27-28-24(29(22)19-11-5-2-6-12-19)32-16-15-23(30)26-18-9-3-1-4-10-18/h1-14H,15-17H2,(H,26,30). The topological polar surface area (TPSA) is 69.0 Å². The molecule has 0 spiro atoms. The SMILES string of the molecule is O=C(CCSc1nnc(COc2ccccc2Cl)n1-c1ccccc1)Nc1ccccc1. The average molecular weight is 465 g/mol. The van der Waals surface area contributed by atoms with Crippen LogP contribution in [0.5, 0.6) is 5.75 Å². The first-order valence-corrected chi connectivity index (χ1v) is 11.4. The number of carbonyl (C=O) groups is 1. The van der Waals surface area contributed by atoms with E-state index in [-0.39, 0.29) is 12.5 Å². The molecule has 1 heterocycles. The predicted molar refractivity (Wildman–Crippen MR) is 128 cm³/mol. The molecule has 4 aromatic rings. The summed E-state index contributed by atoms with van der Waals surface area (Å²) in [6.45, 7) is 0.209. The van der Waals surface area contributed by atoms with Crippen molar-refractivity contribution in [1.29, 1.82) is 0 Å². The summed E-state index contributed by atoms with van der Waals surface area (Å²) in [5.74, 6) is 1.75. The summed E-state index contributed by atoms with van der Waals surface area (Å²) >= 11 is 7.67. The molecule has 0 unspecified atom stereocenters. The molecule has 0 aliphatic rings. The molecule has 0 saturated carbocycles. The molecule has 0 radical (unpaired) electrons. The summed E-state index contributed by atoms with van der Waals surface area (Å²) in [6.07, 6.45) is 0.354. The largest absolute Gasteiger partial charge is 0.484 e. The summed E-state index contributed by atoms with van der Waals surface area (Å²) in [7, 11) is 0. The van der Waals surface area contributed by atoms with Crippen molar-refractivity contribution in [2.24, 2.45) is 0 Å². The van der Waals surface area contributed by atoms with Crippen LogP contribution in [0.1, 0.15) is 12.2 Å². The molecule has 1 N–H and O–H groups in total. The molecule has 0 aliphatic carbocycles. The molecule has 1 amide bonds. The zero-order valence-electron chi connectivity index (χ0n) is 17.1. The van der Waals surface area contributed by atoms with Gasteiger partial charge in [0.25, 0.3) is 0 Å². The number of rotatable bonds is 9.